The number of amides is 2. The minimum Gasteiger partial charge on any atom is -0.493 e. The van der Waals surface area contributed by atoms with Crippen LogP contribution in [-0.2, 0) is 4.79 Å². The van der Waals surface area contributed by atoms with Gasteiger partial charge in [0, 0.05) is 6.04 Å². The highest BCUT2D eigenvalue weighted by molar-refractivity contribution is 8.18. The maximum atomic E-state index is 12.5. The lowest BCUT2D eigenvalue weighted by Gasteiger charge is -2.19. The van der Waals surface area contributed by atoms with Gasteiger partial charge in [-0.05, 0) is 62.2 Å². The standard InChI is InChI=1S/C19H24ClNO4S/c1-6-11(3)21-18(22)16(26-19(21)23)10-13-8-14(20)17(15(9-13)24-5)25-12(4)7-2/h8-12H,6-7H2,1-5H3/b16-10+/t11-,12+/m0/s1. The van der Waals surface area contributed by atoms with Crippen molar-refractivity contribution < 1.29 is 19.1 Å². The Labute approximate surface area is 163 Å². The zero-order valence-electron chi connectivity index (χ0n) is 15.7. The van der Waals surface area contributed by atoms with Gasteiger partial charge in [0.2, 0.25) is 0 Å². The molecule has 0 radical (unpaired) electrons. The number of hydrogen-bond acceptors (Lipinski definition) is 5. The van der Waals surface area contributed by atoms with E-state index in [0.717, 1.165) is 18.2 Å². The molecule has 1 heterocycles. The minimum absolute atomic E-state index is 0.000666. The SMILES string of the molecule is CC[C@@H](C)Oc1c(Cl)cc(/C=C2/SC(=O)N([C@@H](C)CC)C2=O)cc1OC. The van der Waals surface area contributed by atoms with Gasteiger partial charge in [-0.1, -0.05) is 25.4 Å². The topological polar surface area (TPSA) is 55.8 Å². The first-order chi connectivity index (χ1) is 12.3. The van der Waals surface area contributed by atoms with Crippen molar-refractivity contribution in [3.05, 3.63) is 27.6 Å². The van der Waals surface area contributed by atoms with Crippen LogP contribution in [0.25, 0.3) is 6.08 Å². The van der Waals surface area contributed by atoms with E-state index in [2.05, 4.69) is 0 Å². The number of benzene rings is 1. The zero-order chi connectivity index (χ0) is 19.4. The third-order valence-electron chi connectivity index (χ3n) is 4.30. The minimum atomic E-state index is -0.274. The molecule has 0 spiro atoms. The van der Waals surface area contributed by atoms with E-state index in [1.54, 1.807) is 18.2 Å². The molecule has 0 aromatic heterocycles. The smallest absolute Gasteiger partial charge is 0.293 e. The van der Waals surface area contributed by atoms with E-state index in [1.807, 2.05) is 27.7 Å². The molecular weight excluding hydrogens is 374 g/mol. The monoisotopic (exact) mass is 397 g/mol. The van der Waals surface area contributed by atoms with E-state index in [-0.39, 0.29) is 23.3 Å². The van der Waals surface area contributed by atoms with Crippen molar-refractivity contribution in [2.45, 2.75) is 52.7 Å². The fraction of sp³-hybridized carbons (Fsp3) is 0.474. The number of methoxy groups -OCH3 is 1. The second-order valence-electron chi connectivity index (χ2n) is 6.18. The quantitative estimate of drug-likeness (QED) is 0.579. The van der Waals surface area contributed by atoms with E-state index < -0.39 is 0 Å². The third kappa shape index (κ3) is 4.35. The Bertz CT molecular complexity index is 734. The predicted octanol–water partition coefficient (Wildman–Crippen LogP) is 5.36. The van der Waals surface area contributed by atoms with Crippen molar-refractivity contribution in [3.8, 4) is 11.5 Å². The Morgan fingerprint density at radius 1 is 1.23 bits per heavy atom. The summed E-state index contributed by atoms with van der Waals surface area (Å²) in [4.78, 5) is 26.4. The molecule has 1 aliphatic heterocycles. The number of nitrogens with zero attached hydrogens (tertiary/aromatic N) is 1. The highest BCUT2D eigenvalue weighted by atomic mass is 35.5. The van der Waals surface area contributed by atoms with Crippen LogP contribution in [0.3, 0.4) is 0 Å². The van der Waals surface area contributed by atoms with Crippen molar-refractivity contribution >= 4 is 40.6 Å². The number of halogens is 1. The molecule has 1 fully saturated rings. The van der Waals surface area contributed by atoms with Crippen molar-refractivity contribution in [1.29, 1.82) is 0 Å². The third-order valence-corrected chi connectivity index (χ3v) is 5.46. The van der Waals surface area contributed by atoms with Gasteiger partial charge >= 0.3 is 0 Å². The van der Waals surface area contributed by atoms with Crippen molar-refractivity contribution in [2.75, 3.05) is 7.11 Å². The van der Waals surface area contributed by atoms with Gasteiger partial charge in [-0.15, -0.1) is 0 Å². The Balaban J connectivity index is 2.35. The van der Waals surface area contributed by atoms with Crippen LogP contribution in [0.4, 0.5) is 4.79 Å². The van der Waals surface area contributed by atoms with E-state index in [4.69, 9.17) is 21.1 Å². The Morgan fingerprint density at radius 2 is 1.92 bits per heavy atom. The van der Waals surface area contributed by atoms with Crippen LogP contribution < -0.4 is 9.47 Å². The number of carbonyl (C=O) groups excluding carboxylic acids is 2. The number of thioether (sulfide) groups is 1. The van der Waals surface area contributed by atoms with Crippen molar-refractivity contribution in [2.24, 2.45) is 0 Å². The number of carbonyl (C=O) groups is 2. The van der Waals surface area contributed by atoms with Crippen LogP contribution in [0.15, 0.2) is 17.0 Å². The van der Waals surface area contributed by atoms with Gasteiger partial charge in [0.05, 0.1) is 23.1 Å². The van der Waals surface area contributed by atoms with E-state index >= 15 is 0 Å². The molecule has 0 saturated carbocycles. The van der Waals surface area contributed by atoms with Crippen LogP contribution in [-0.4, -0.2) is 35.3 Å². The summed E-state index contributed by atoms with van der Waals surface area (Å²) in [6.45, 7) is 7.78. The molecule has 2 atom stereocenters. The first-order valence-corrected chi connectivity index (χ1v) is 9.83. The Morgan fingerprint density at radius 3 is 2.50 bits per heavy atom. The maximum Gasteiger partial charge on any atom is 0.293 e. The molecule has 0 unspecified atom stereocenters. The van der Waals surface area contributed by atoms with Gasteiger partial charge in [-0.25, -0.2) is 0 Å². The highest BCUT2D eigenvalue weighted by Gasteiger charge is 2.37. The summed E-state index contributed by atoms with van der Waals surface area (Å²) in [6.07, 6.45) is 3.21. The van der Waals surface area contributed by atoms with Crippen LogP contribution in [0.2, 0.25) is 5.02 Å². The van der Waals surface area contributed by atoms with Gasteiger partial charge in [0.15, 0.2) is 11.5 Å². The van der Waals surface area contributed by atoms with E-state index in [9.17, 15) is 9.59 Å². The van der Waals surface area contributed by atoms with Gasteiger partial charge < -0.3 is 9.47 Å². The molecule has 0 bridgehead atoms. The molecule has 1 saturated heterocycles. The van der Waals surface area contributed by atoms with E-state index in [0.29, 0.717) is 33.4 Å². The summed E-state index contributed by atoms with van der Waals surface area (Å²) in [7, 11) is 1.54. The molecule has 2 amide bonds. The highest BCUT2D eigenvalue weighted by Crippen LogP contribution is 2.40. The molecule has 1 aromatic rings. The maximum absolute atomic E-state index is 12.5. The molecule has 1 aromatic carbocycles. The summed E-state index contributed by atoms with van der Waals surface area (Å²) >= 11 is 7.30. The van der Waals surface area contributed by atoms with E-state index in [1.165, 1.54) is 12.0 Å². The van der Waals surface area contributed by atoms with Gasteiger partial charge in [-0.2, -0.15) is 0 Å². The fourth-order valence-electron chi connectivity index (χ4n) is 2.42. The number of hydrogen-bond donors (Lipinski definition) is 0. The van der Waals surface area contributed by atoms with Crippen molar-refractivity contribution in [1.82, 2.24) is 4.90 Å². The normalized spacial score (nSPS) is 18.4. The molecule has 5 nitrogen and oxygen atoms in total. The lowest BCUT2D eigenvalue weighted by Crippen LogP contribution is -2.36. The molecule has 2 rings (SSSR count). The average molecular weight is 398 g/mol. The second kappa shape index (κ2) is 8.82. The lowest BCUT2D eigenvalue weighted by atomic mass is 10.1. The molecule has 26 heavy (non-hydrogen) atoms. The lowest BCUT2D eigenvalue weighted by molar-refractivity contribution is -0.124. The van der Waals surface area contributed by atoms with Gasteiger partial charge in [-0.3, -0.25) is 14.5 Å². The molecule has 0 aliphatic carbocycles. The largest absolute Gasteiger partial charge is 0.493 e. The summed E-state index contributed by atoms with van der Waals surface area (Å²) in [5, 5.41) is 0.155. The zero-order valence-corrected chi connectivity index (χ0v) is 17.2. The average Bonchev–Trinajstić information content (AvgIpc) is 2.89. The van der Waals surface area contributed by atoms with Crippen LogP contribution in [0, 0.1) is 0 Å². The predicted molar refractivity (Wildman–Crippen MR) is 106 cm³/mol. The molecule has 7 heteroatoms. The van der Waals surface area contributed by atoms with Crippen LogP contribution >= 0.6 is 23.4 Å². The first kappa shape index (κ1) is 20.6. The number of imide groups is 1. The number of ether oxygens (including phenoxy) is 2. The first-order valence-electron chi connectivity index (χ1n) is 8.63. The molecule has 0 N–H and O–H groups in total. The molecule has 142 valence electrons. The van der Waals surface area contributed by atoms with Crippen LogP contribution in [0.1, 0.15) is 46.1 Å². The fourth-order valence-corrected chi connectivity index (χ4v) is 3.61. The molecular formula is C19H24ClNO4S. The Hall–Kier alpha value is -1.66. The second-order valence-corrected chi connectivity index (χ2v) is 7.58. The summed E-state index contributed by atoms with van der Waals surface area (Å²) in [6, 6.07) is 3.33. The van der Waals surface area contributed by atoms with Gasteiger partial charge in [0.25, 0.3) is 11.1 Å². The van der Waals surface area contributed by atoms with Gasteiger partial charge in [0.1, 0.15) is 0 Å². The summed E-state index contributed by atoms with van der Waals surface area (Å²) < 4.78 is 11.2. The van der Waals surface area contributed by atoms with Crippen molar-refractivity contribution in [3.63, 3.8) is 0 Å². The number of rotatable bonds is 7. The Kier molecular flexibility index (Phi) is 7.01. The molecule has 1 aliphatic rings. The summed E-state index contributed by atoms with van der Waals surface area (Å²) in [5.41, 5.74) is 0.679. The summed E-state index contributed by atoms with van der Waals surface area (Å²) in [5.74, 6) is 0.697. The van der Waals surface area contributed by atoms with Crippen LogP contribution in [0.5, 0.6) is 11.5 Å².